The molecule has 1 amide bonds. The van der Waals surface area contributed by atoms with Gasteiger partial charge in [-0.15, -0.1) is 0 Å². The van der Waals surface area contributed by atoms with E-state index in [-0.39, 0.29) is 5.91 Å². The molecule has 0 aliphatic rings. The van der Waals surface area contributed by atoms with Crippen molar-refractivity contribution in [3.8, 4) is 5.88 Å². The van der Waals surface area contributed by atoms with Gasteiger partial charge in [0.05, 0.1) is 24.6 Å². The number of anilines is 1. The van der Waals surface area contributed by atoms with Gasteiger partial charge in [0.15, 0.2) is 0 Å². The zero-order valence-electron chi connectivity index (χ0n) is 11.0. The number of nitrogens with one attached hydrogen (secondary N) is 2. The molecule has 0 aromatic carbocycles. The van der Waals surface area contributed by atoms with E-state index < -0.39 is 0 Å². The highest BCUT2D eigenvalue weighted by Gasteiger charge is 2.10. The number of rotatable bonds is 5. The van der Waals surface area contributed by atoms with E-state index in [0.717, 1.165) is 5.56 Å². The van der Waals surface area contributed by atoms with Crippen LogP contribution in [0.5, 0.6) is 5.88 Å². The second-order valence-corrected chi connectivity index (χ2v) is 3.95. The molecule has 0 aliphatic carbocycles. The highest BCUT2D eigenvalue weighted by atomic mass is 16.5. The predicted octanol–water partition coefficient (Wildman–Crippen LogP) is 0.701. The Morgan fingerprint density at radius 3 is 3.00 bits per heavy atom. The molecule has 2 aromatic heterocycles. The van der Waals surface area contributed by atoms with E-state index in [1.54, 1.807) is 31.5 Å². The quantitative estimate of drug-likeness (QED) is 0.547. The van der Waals surface area contributed by atoms with Crippen molar-refractivity contribution in [1.29, 1.82) is 0 Å². The normalized spacial score (nSPS) is 9.90. The Kier molecular flexibility index (Phi) is 4.46. The van der Waals surface area contributed by atoms with Crippen LogP contribution in [0.1, 0.15) is 15.9 Å². The molecule has 4 N–H and O–H groups in total. The second kappa shape index (κ2) is 6.48. The first kappa shape index (κ1) is 13.8. The fourth-order valence-corrected chi connectivity index (χ4v) is 1.66. The summed E-state index contributed by atoms with van der Waals surface area (Å²) in [5.74, 6) is 5.60. The standard InChI is InChI=1S/C13H15N5O2/c1-20-12-6-9(2-5-16-12)7-17-13(19)10-3-4-15-8-11(10)18-14/h2-6,8,18H,7,14H2,1H3,(H,17,19). The van der Waals surface area contributed by atoms with Crippen LogP contribution < -0.4 is 21.3 Å². The maximum absolute atomic E-state index is 12.1. The average Bonchev–Trinajstić information content (AvgIpc) is 2.52. The van der Waals surface area contributed by atoms with Gasteiger partial charge in [0.25, 0.3) is 5.91 Å². The Labute approximate surface area is 116 Å². The number of pyridine rings is 2. The number of nitrogens with zero attached hydrogens (tertiary/aromatic N) is 2. The van der Waals surface area contributed by atoms with Gasteiger partial charge >= 0.3 is 0 Å². The summed E-state index contributed by atoms with van der Waals surface area (Å²) >= 11 is 0. The minimum Gasteiger partial charge on any atom is -0.481 e. The minimum absolute atomic E-state index is 0.240. The van der Waals surface area contributed by atoms with Gasteiger partial charge in [0.2, 0.25) is 5.88 Å². The molecule has 0 bridgehead atoms. The molecular weight excluding hydrogens is 258 g/mol. The van der Waals surface area contributed by atoms with Crippen LogP contribution in [0.3, 0.4) is 0 Å². The van der Waals surface area contributed by atoms with Crippen LogP contribution in [0.15, 0.2) is 36.8 Å². The van der Waals surface area contributed by atoms with Crippen molar-refractivity contribution in [2.45, 2.75) is 6.54 Å². The molecule has 2 rings (SSSR count). The third-order valence-electron chi connectivity index (χ3n) is 2.68. The van der Waals surface area contributed by atoms with Crippen molar-refractivity contribution in [1.82, 2.24) is 15.3 Å². The summed E-state index contributed by atoms with van der Waals surface area (Å²) in [4.78, 5) is 20.0. The molecule has 0 aliphatic heterocycles. The minimum atomic E-state index is -0.240. The van der Waals surface area contributed by atoms with E-state index in [0.29, 0.717) is 23.7 Å². The van der Waals surface area contributed by atoms with Gasteiger partial charge in [-0.25, -0.2) is 4.98 Å². The number of aromatic nitrogens is 2. The number of amides is 1. The van der Waals surface area contributed by atoms with Crippen LogP contribution in [-0.4, -0.2) is 23.0 Å². The van der Waals surface area contributed by atoms with Gasteiger partial charge < -0.3 is 15.5 Å². The molecule has 0 atom stereocenters. The highest BCUT2D eigenvalue weighted by molar-refractivity contribution is 5.99. The van der Waals surface area contributed by atoms with E-state index in [1.807, 2.05) is 0 Å². The summed E-state index contributed by atoms with van der Waals surface area (Å²) in [6.45, 7) is 0.365. The maximum atomic E-state index is 12.1. The van der Waals surface area contributed by atoms with Gasteiger partial charge in [-0.05, 0) is 17.7 Å². The number of hydrogen-bond donors (Lipinski definition) is 3. The molecule has 7 heteroatoms. The van der Waals surface area contributed by atoms with Crippen molar-refractivity contribution < 1.29 is 9.53 Å². The lowest BCUT2D eigenvalue weighted by Gasteiger charge is -2.09. The van der Waals surface area contributed by atoms with E-state index in [2.05, 4.69) is 20.7 Å². The van der Waals surface area contributed by atoms with E-state index in [1.165, 1.54) is 12.4 Å². The van der Waals surface area contributed by atoms with E-state index >= 15 is 0 Å². The smallest absolute Gasteiger partial charge is 0.253 e. The van der Waals surface area contributed by atoms with Gasteiger partial charge in [-0.2, -0.15) is 0 Å². The SMILES string of the molecule is COc1cc(CNC(=O)c2ccncc2NN)ccn1. The van der Waals surface area contributed by atoms with Crippen molar-refractivity contribution >= 4 is 11.6 Å². The molecule has 0 saturated heterocycles. The van der Waals surface area contributed by atoms with Crippen LogP contribution in [0.25, 0.3) is 0 Å². The first-order valence-electron chi connectivity index (χ1n) is 5.92. The lowest BCUT2D eigenvalue weighted by molar-refractivity contribution is 0.0951. The molecule has 0 unspecified atom stereocenters. The molecule has 0 radical (unpaired) electrons. The number of methoxy groups -OCH3 is 1. The Hall–Kier alpha value is -2.67. The Bertz CT molecular complexity index is 603. The summed E-state index contributed by atoms with van der Waals surface area (Å²) in [7, 11) is 1.54. The largest absolute Gasteiger partial charge is 0.481 e. The molecule has 0 fully saturated rings. The number of carbonyl (C=O) groups is 1. The van der Waals surface area contributed by atoms with Crippen molar-refractivity contribution in [2.24, 2.45) is 5.84 Å². The van der Waals surface area contributed by atoms with Gasteiger partial charge in [0, 0.05) is 25.0 Å². The van der Waals surface area contributed by atoms with Crippen LogP contribution >= 0.6 is 0 Å². The number of hydrazine groups is 1. The van der Waals surface area contributed by atoms with Crippen LogP contribution in [0, 0.1) is 0 Å². The number of nitrogen functional groups attached to an aromatic ring is 1. The molecule has 0 spiro atoms. The highest BCUT2D eigenvalue weighted by Crippen LogP contribution is 2.12. The lowest BCUT2D eigenvalue weighted by Crippen LogP contribution is -2.25. The maximum Gasteiger partial charge on any atom is 0.253 e. The number of carbonyl (C=O) groups excluding carboxylic acids is 1. The van der Waals surface area contributed by atoms with Crippen LogP contribution in [-0.2, 0) is 6.54 Å². The second-order valence-electron chi connectivity index (χ2n) is 3.95. The van der Waals surface area contributed by atoms with Gasteiger partial charge in [0.1, 0.15) is 0 Å². The van der Waals surface area contributed by atoms with Crippen molar-refractivity contribution in [3.05, 3.63) is 47.9 Å². The van der Waals surface area contributed by atoms with E-state index in [4.69, 9.17) is 10.6 Å². The Morgan fingerprint density at radius 1 is 1.40 bits per heavy atom. The zero-order valence-corrected chi connectivity index (χ0v) is 11.0. The summed E-state index contributed by atoms with van der Waals surface area (Å²) in [6, 6.07) is 5.16. The van der Waals surface area contributed by atoms with Gasteiger partial charge in [-0.1, -0.05) is 0 Å². The molecule has 0 saturated carbocycles. The third kappa shape index (κ3) is 3.21. The van der Waals surface area contributed by atoms with Crippen LogP contribution in [0.4, 0.5) is 5.69 Å². The summed E-state index contributed by atoms with van der Waals surface area (Å²) in [5, 5.41) is 2.80. The van der Waals surface area contributed by atoms with Crippen molar-refractivity contribution in [2.75, 3.05) is 12.5 Å². The Balaban J connectivity index is 2.04. The first-order chi connectivity index (χ1) is 9.74. The molecule has 104 valence electrons. The molecule has 7 nitrogen and oxygen atoms in total. The molecular formula is C13H15N5O2. The fourth-order valence-electron chi connectivity index (χ4n) is 1.66. The number of hydrogen-bond acceptors (Lipinski definition) is 6. The number of ether oxygens (including phenoxy) is 1. The zero-order chi connectivity index (χ0) is 14.4. The third-order valence-corrected chi connectivity index (χ3v) is 2.68. The first-order valence-corrected chi connectivity index (χ1v) is 5.92. The fraction of sp³-hybridized carbons (Fsp3) is 0.154. The Morgan fingerprint density at radius 2 is 2.25 bits per heavy atom. The topological polar surface area (TPSA) is 102 Å². The summed E-state index contributed by atoms with van der Waals surface area (Å²) < 4.78 is 5.02. The predicted molar refractivity (Wildman–Crippen MR) is 74.0 cm³/mol. The lowest BCUT2D eigenvalue weighted by atomic mass is 10.2. The summed E-state index contributed by atoms with van der Waals surface area (Å²) in [5.41, 5.74) is 4.23. The molecule has 2 aromatic rings. The number of nitrogens with two attached hydrogens (primary N) is 1. The molecule has 20 heavy (non-hydrogen) atoms. The molecule has 2 heterocycles. The summed E-state index contributed by atoms with van der Waals surface area (Å²) in [6.07, 6.45) is 4.65. The monoisotopic (exact) mass is 273 g/mol. The van der Waals surface area contributed by atoms with Crippen molar-refractivity contribution in [3.63, 3.8) is 0 Å². The van der Waals surface area contributed by atoms with Crippen LogP contribution in [0.2, 0.25) is 0 Å². The van der Waals surface area contributed by atoms with Gasteiger partial charge in [-0.3, -0.25) is 15.6 Å². The average molecular weight is 273 g/mol. The van der Waals surface area contributed by atoms with E-state index in [9.17, 15) is 4.79 Å².